The normalized spacial score (nSPS) is 11.0. The monoisotopic (exact) mass is 322 g/mol. The number of benzene rings is 1. The molecule has 1 aromatic carbocycles. The Balaban J connectivity index is 2.75. The summed E-state index contributed by atoms with van der Waals surface area (Å²) in [4.78, 5) is 35.5. The van der Waals surface area contributed by atoms with Gasteiger partial charge in [-0.15, -0.1) is 0 Å². The molecular weight excluding hydrogens is 300 g/mol. The summed E-state index contributed by atoms with van der Waals surface area (Å²) in [5, 5.41) is 2.65. The van der Waals surface area contributed by atoms with Crippen LogP contribution in [0.4, 0.5) is 0 Å². The van der Waals surface area contributed by atoms with Crippen molar-refractivity contribution in [3.8, 4) is 0 Å². The minimum atomic E-state index is -0.469. The van der Waals surface area contributed by atoms with Gasteiger partial charge in [-0.2, -0.15) is 0 Å². The van der Waals surface area contributed by atoms with Gasteiger partial charge >= 0.3 is 0 Å². The fraction of sp³-hybridized carbons (Fsp3) is 0.438. The second-order valence-electron chi connectivity index (χ2n) is 6.18. The molecule has 0 spiro atoms. The molecule has 0 saturated carbocycles. The van der Waals surface area contributed by atoms with Gasteiger partial charge in [-0.3, -0.25) is 14.4 Å². The van der Waals surface area contributed by atoms with Crippen molar-refractivity contribution < 1.29 is 14.4 Å². The van der Waals surface area contributed by atoms with Crippen molar-refractivity contribution in [2.24, 2.45) is 11.1 Å². The number of primary amides is 1. The van der Waals surface area contributed by atoms with Crippen LogP contribution in [0.2, 0.25) is 0 Å². The molecule has 0 aliphatic heterocycles. The number of thioether (sulfide) groups is 1. The highest BCUT2D eigenvalue weighted by atomic mass is 32.2. The summed E-state index contributed by atoms with van der Waals surface area (Å²) in [6, 6.07) is 6.93. The van der Waals surface area contributed by atoms with E-state index in [4.69, 9.17) is 5.73 Å². The molecule has 1 rings (SSSR count). The van der Waals surface area contributed by atoms with Gasteiger partial charge in [0.05, 0.1) is 5.56 Å². The fourth-order valence-electron chi connectivity index (χ4n) is 1.73. The average molecular weight is 322 g/mol. The molecule has 22 heavy (non-hydrogen) atoms. The van der Waals surface area contributed by atoms with Gasteiger partial charge in [-0.05, 0) is 17.5 Å². The molecule has 6 heteroatoms. The number of hydrogen-bond donors (Lipinski definition) is 2. The van der Waals surface area contributed by atoms with Gasteiger partial charge in [0.25, 0.3) is 5.91 Å². The third-order valence-electron chi connectivity index (χ3n) is 2.69. The van der Waals surface area contributed by atoms with Gasteiger partial charge < -0.3 is 11.1 Å². The first kappa shape index (κ1) is 18.2. The first-order chi connectivity index (χ1) is 10.2. The molecule has 0 unspecified atom stereocenters. The minimum absolute atomic E-state index is 0.0184. The Labute approximate surface area is 135 Å². The van der Waals surface area contributed by atoms with Gasteiger partial charge in [0.1, 0.15) is 0 Å². The molecule has 0 bridgehead atoms. The lowest BCUT2D eigenvalue weighted by molar-refractivity contribution is -0.118. The first-order valence-corrected chi connectivity index (χ1v) is 7.87. The summed E-state index contributed by atoms with van der Waals surface area (Å²) in [7, 11) is 0. The average Bonchev–Trinajstić information content (AvgIpc) is 2.36. The molecule has 0 atom stereocenters. The van der Waals surface area contributed by atoms with E-state index in [1.165, 1.54) is 0 Å². The number of nitrogens with one attached hydrogen (secondary N) is 1. The summed E-state index contributed by atoms with van der Waals surface area (Å²) in [6.45, 7) is 6.17. The van der Waals surface area contributed by atoms with Crippen molar-refractivity contribution >= 4 is 28.7 Å². The lowest BCUT2D eigenvalue weighted by Crippen LogP contribution is -2.28. The Kier molecular flexibility index (Phi) is 6.61. The van der Waals surface area contributed by atoms with Crippen LogP contribution in [0.25, 0.3) is 0 Å². The molecule has 0 heterocycles. The van der Waals surface area contributed by atoms with E-state index in [9.17, 15) is 14.4 Å². The largest absolute Gasteiger partial charge is 0.370 e. The van der Waals surface area contributed by atoms with E-state index >= 15 is 0 Å². The van der Waals surface area contributed by atoms with Crippen LogP contribution in [0.5, 0.6) is 0 Å². The quantitative estimate of drug-likeness (QED) is 0.787. The van der Waals surface area contributed by atoms with Gasteiger partial charge in [-0.1, -0.05) is 44.7 Å². The molecule has 0 fully saturated rings. The second-order valence-corrected chi connectivity index (χ2v) is 7.28. The van der Waals surface area contributed by atoms with Crippen LogP contribution >= 0.6 is 11.8 Å². The van der Waals surface area contributed by atoms with Crippen LogP contribution in [0.15, 0.2) is 29.2 Å². The second kappa shape index (κ2) is 7.98. The van der Waals surface area contributed by atoms with E-state index in [2.05, 4.69) is 5.32 Å². The molecule has 0 aromatic heterocycles. The molecule has 1 aromatic rings. The summed E-state index contributed by atoms with van der Waals surface area (Å²) in [5.74, 6) is -0.781. The third-order valence-corrected chi connectivity index (χ3v) is 3.64. The Hall–Kier alpha value is -1.82. The van der Waals surface area contributed by atoms with Crippen LogP contribution in [0.1, 0.15) is 44.0 Å². The van der Waals surface area contributed by atoms with Crippen molar-refractivity contribution in [3.63, 3.8) is 0 Å². The lowest BCUT2D eigenvalue weighted by atomic mass is 9.93. The molecule has 2 amide bonds. The number of nitrogens with two attached hydrogens (primary N) is 1. The summed E-state index contributed by atoms with van der Waals surface area (Å²) in [6.07, 6.45) is 0.513. The number of amides is 2. The smallest absolute Gasteiger partial charge is 0.252 e. The van der Waals surface area contributed by atoms with Crippen molar-refractivity contribution in [1.82, 2.24) is 5.32 Å². The predicted molar refractivity (Wildman–Crippen MR) is 87.5 cm³/mol. The molecule has 0 aliphatic carbocycles. The standard InChI is InChI=1S/C16H22N2O3S/c1-16(2,3)10-14(20)22-12-7-5-4-6-11(12)15(21)18-9-8-13(17)19/h4-7H,8-10H2,1-3H3,(H2,17,19)(H,18,21). The zero-order chi connectivity index (χ0) is 16.8. The first-order valence-electron chi connectivity index (χ1n) is 7.05. The van der Waals surface area contributed by atoms with Gasteiger partial charge in [-0.25, -0.2) is 0 Å². The zero-order valence-electron chi connectivity index (χ0n) is 13.1. The number of carbonyl (C=O) groups is 3. The SMILES string of the molecule is CC(C)(C)CC(=O)Sc1ccccc1C(=O)NCCC(N)=O. The molecular formula is C16H22N2O3S. The maximum atomic E-state index is 12.1. The maximum Gasteiger partial charge on any atom is 0.252 e. The van der Waals surface area contributed by atoms with Gasteiger partial charge in [0.15, 0.2) is 5.12 Å². The van der Waals surface area contributed by atoms with Crippen molar-refractivity contribution in [2.75, 3.05) is 6.54 Å². The summed E-state index contributed by atoms with van der Waals surface area (Å²) >= 11 is 1.07. The predicted octanol–water partition coefficient (Wildman–Crippen LogP) is 2.35. The van der Waals surface area contributed by atoms with E-state index < -0.39 is 5.91 Å². The molecule has 0 radical (unpaired) electrons. The van der Waals surface area contributed by atoms with E-state index in [1.54, 1.807) is 24.3 Å². The van der Waals surface area contributed by atoms with E-state index in [0.29, 0.717) is 16.9 Å². The minimum Gasteiger partial charge on any atom is -0.370 e. The Bertz CT molecular complexity index is 565. The number of carbonyl (C=O) groups excluding carboxylic acids is 3. The Morgan fingerprint density at radius 1 is 1.18 bits per heavy atom. The Morgan fingerprint density at radius 3 is 2.41 bits per heavy atom. The van der Waals surface area contributed by atoms with Crippen molar-refractivity contribution in [3.05, 3.63) is 29.8 Å². The maximum absolute atomic E-state index is 12.1. The summed E-state index contributed by atoms with van der Waals surface area (Å²) in [5.41, 5.74) is 5.37. The highest BCUT2D eigenvalue weighted by Gasteiger charge is 2.19. The molecule has 5 nitrogen and oxygen atoms in total. The van der Waals surface area contributed by atoms with E-state index in [1.807, 2.05) is 20.8 Å². The van der Waals surface area contributed by atoms with Crippen LogP contribution in [0.3, 0.4) is 0 Å². The Morgan fingerprint density at radius 2 is 1.82 bits per heavy atom. The van der Waals surface area contributed by atoms with Gasteiger partial charge in [0.2, 0.25) is 5.91 Å². The topological polar surface area (TPSA) is 89.3 Å². The fourth-order valence-corrected chi connectivity index (χ4v) is 2.90. The molecule has 120 valence electrons. The molecule has 3 N–H and O–H groups in total. The number of rotatable bonds is 6. The van der Waals surface area contributed by atoms with E-state index in [-0.39, 0.29) is 29.4 Å². The highest BCUT2D eigenvalue weighted by Crippen LogP contribution is 2.29. The van der Waals surface area contributed by atoms with Crippen LogP contribution in [-0.4, -0.2) is 23.5 Å². The van der Waals surface area contributed by atoms with Crippen molar-refractivity contribution in [1.29, 1.82) is 0 Å². The van der Waals surface area contributed by atoms with Crippen LogP contribution < -0.4 is 11.1 Å². The lowest BCUT2D eigenvalue weighted by Gasteiger charge is -2.16. The van der Waals surface area contributed by atoms with Crippen molar-refractivity contribution in [2.45, 2.75) is 38.5 Å². The highest BCUT2D eigenvalue weighted by molar-refractivity contribution is 8.13. The third kappa shape index (κ3) is 6.76. The van der Waals surface area contributed by atoms with Gasteiger partial charge in [0, 0.05) is 24.3 Å². The number of hydrogen-bond acceptors (Lipinski definition) is 4. The van der Waals surface area contributed by atoms with Crippen LogP contribution in [-0.2, 0) is 9.59 Å². The molecule has 0 saturated heterocycles. The van der Waals surface area contributed by atoms with Crippen LogP contribution in [0, 0.1) is 5.41 Å². The molecule has 0 aliphatic rings. The summed E-state index contributed by atoms with van der Waals surface area (Å²) < 4.78 is 0. The zero-order valence-corrected chi connectivity index (χ0v) is 14.0. The van der Waals surface area contributed by atoms with E-state index in [0.717, 1.165) is 11.8 Å².